The van der Waals surface area contributed by atoms with Gasteiger partial charge in [0.25, 0.3) is 11.7 Å². The number of ether oxygens (including phenoxy) is 2. The third-order valence-corrected chi connectivity index (χ3v) is 5.48. The predicted molar refractivity (Wildman–Crippen MR) is 128 cm³/mol. The topological polar surface area (TPSA) is 76.1 Å². The van der Waals surface area contributed by atoms with Gasteiger partial charge in [0.15, 0.2) is 0 Å². The summed E-state index contributed by atoms with van der Waals surface area (Å²) in [5.74, 6) is 0.00248. The number of aryl methyl sites for hydroxylation is 1. The summed E-state index contributed by atoms with van der Waals surface area (Å²) in [4.78, 5) is 27.4. The predicted octanol–water partition coefficient (Wildman–Crippen LogP) is 5.40. The smallest absolute Gasteiger partial charge is 0.295 e. The summed E-state index contributed by atoms with van der Waals surface area (Å²) in [6.07, 6.45) is 1.62. The molecule has 2 aromatic carbocycles. The number of amides is 1. The fraction of sp³-hybridized carbons (Fsp3) is 0.407. The second-order valence-corrected chi connectivity index (χ2v) is 8.56. The molecule has 0 bridgehead atoms. The Labute approximate surface area is 195 Å². The van der Waals surface area contributed by atoms with Crippen LogP contribution in [0.15, 0.2) is 48.0 Å². The van der Waals surface area contributed by atoms with Crippen LogP contribution >= 0.6 is 0 Å². The number of rotatable bonds is 9. The van der Waals surface area contributed by atoms with Crippen molar-refractivity contribution in [1.82, 2.24) is 4.90 Å². The number of nitrogens with zero attached hydrogens (tertiary/aromatic N) is 1. The SMILES string of the molecule is CCCOc1ccc(C2/C(=C(/O)c3ccc(OC(C)C)c(C)c3)C(=O)C(=O)N2CCC)cc1. The Morgan fingerprint density at radius 1 is 1.06 bits per heavy atom. The molecule has 1 atom stereocenters. The van der Waals surface area contributed by atoms with Crippen molar-refractivity contribution in [2.45, 2.75) is 59.6 Å². The number of hydrogen-bond donors (Lipinski definition) is 1. The number of likely N-dealkylation sites (tertiary alicyclic amines) is 1. The Hall–Kier alpha value is -3.28. The highest BCUT2D eigenvalue weighted by molar-refractivity contribution is 6.46. The summed E-state index contributed by atoms with van der Waals surface area (Å²) in [7, 11) is 0. The van der Waals surface area contributed by atoms with Crippen LogP contribution in [0.4, 0.5) is 0 Å². The van der Waals surface area contributed by atoms with Gasteiger partial charge < -0.3 is 19.5 Å². The van der Waals surface area contributed by atoms with Crippen molar-refractivity contribution in [1.29, 1.82) is 0 Å². The highest BCUT2D eigenvalue weighted by atomic mass is 16.5. The first kappa shape index (κ1) is 24.4. The number of ketones is 1. The minimum Gasteiger partial charge on any atom is -0.507 e. The van der Waals surface area contributed by atoms with Crippen LogP contribution < -0.4 is 9.47 Å². The fourth-order valence-corrected chi connectivity index (χ4v) is 4.00. The molecule has 0 radical (unpaired) electrons. The Kier molecular flexibility index (Phi) is 7.79. The summed E-state index contributed by atoms with van der Waals surface area (Å²) in [5, 5.41) is 11.2. The molecule has 1 fully saturated rings. The summed E-state index contributed by atoms with van der Waals surface area (Å²) in [5.41, 5.74) is 2.17. The number of Topliss-reactive ketones (excluding diaryl/α,β-unsaturated/α-hetero) is 1. The van der Waals surface area contributed by atoms with E-state index in [0.717, 1.165) is 23.3 Å². The van der Waals surface area contributed by atoms with Crippen LogP contribution in [0.25, 0.3) is 5.76 Å². The molecule has 1 heterocycles. The lowest BCUT2D eigenvalue weighted by molar-refractivity contribution is -0.139. The molecule has 1 aliphatic rings. The molecule has 1 N–H and O–H groups in total. The van der Waals surface area contributed by atoms with Crippen LogP contribution in [0.5, 0.6) is 11.5 Å². The number of aliphatic hydroxyl groups excluding tert-OH is 1. The number of aliphatic hydroxyl groups is 1. The minimum absolute atomic E-state index is 0.0202. The van der Waals surface area contributed by atoms with Gasteiger partial charge in [-0.05, 0) is 75.1 Å². The van der Waals surface area contributed by atoms with E-state index in [4.69, 9.17) is 9.47 Å². The zero-order valence-corrected chi connectivity index (χ0v) is 20.1. The molecule has 2 aromatic rings. The number of benzene rings is 2. The van der Waals surface area contributed by atoms with Crippen LogP contribution in [-0.4, -0.2) is 41.0 Å². The van der Waals surface area contributed by atoms with Crippen molar-refractivity contribution in [2.24, 2.45) is 0 Å². The third kappa shape index (κ3) is 5.21. The Balaban J connectivity index is 2.06. The minimum atomic E-state index is -0.669. The molecule has 0 saturated carbocycles. The Morgan fingerprint density at radius 3 is 2.33 bits per heavy atom. The Morgan fingerprint density at radius 2 is 1.76 bits per heavy atom. The molecule has 176 valence electrons. The van der Waals surface area contributed by atoms with Gasteiger partial charge in [-0.15, -0.1) is 0 Å². The zero-order chi connectivity index (χ0) is 24.1. The standard InChI is InChI=1S/C27H33NO5/c1-6-14-28-24(19-8-11-21(12-9-19)32-15-7-2)23(26(30)27(28)31)25(29)20-10-13-22(18(5)16-20)33-17(3)4/h8-13,16-17,24,29H,6-7,14-15H2,1-5H3/b25-23-. The van der Waals surface area contributed by atoms with Crippen molar-refractivity contribution in [3.8, 4) is 11.5 Å². The lowest BCUT2D eigenvalue weighted by Gasteiger charge is -2.25. The van der Waals surface area contributed by atoms with Gasteiger partial charge in [0, 0.05) is 12.1 Å². The van der Waals surface area contributed by atoms with Crippen LogP contribution in [0.3, 0.4) is 0 Å². The van der Waals surface area contributed by atoms with E-state index in [-0.39, 0.29) is 17.4 Å². The molecular weight excluding hydrogens is 418 g/mol. The van der Waals surface area contributed by atoms with Crippen molar-refractivity contribution in [2.75, 3.05) is 13.2 Å². The highest BCUT2D eigenvalue weighted by Crippen LogP contribution is 2.40. The molecule has 6 heteroatoms. The molecule has 6 nitrogen and oxygen atoms in total. The first-order chi connectivity index (χ1) is 15.8. The van der Waals surface area contributed by atoms with Crippen molar-refractivity contribution in [3.05, 3.63) is 64.7 Å². The van der Waals surface area contributed by atoms with E-state index < -0.39 is 17.7 Å². The van der Waals surface area contributed by atoms with E-state index in [9.17, 15) is 14.7 Å². The molecule has 1 unspecified atom stereocenters. The van der Waals surface area contributed by atoms with E-state index in [1.165, 1.54) is 0 Å². The first-order valence-corrected chi connectivity index (χ1v) is 11.6. The number of carbonyl (C=O) groups is 2. The molecule has 0 aliphatic carbocycles. The van der Waals surface area contributed by atoms with Crippen molar-refractivity contribution >= 4 is 17.4 Å². The first-order valence-electron chi connectivity index (χ1n) is 11.6. The van der Waals surface area contributed by atoms with E-state index in [1.807, 2.05) is 58.9 Å². The summed E-state index contributed by atoms with van der Waals surface area (Å²) in [6, 6.07) is 12.0. The average Bonchev–Trinajstić information content (AvgIpc) is 3.04. The largest absolute Gasteiger partial charge is 0.507 e. The maximum absolute atomic E-state index is 13.0. The van der Waals surface area contributed by atoms with E-state index in [0.29, 0.717) is 30.9 Å². The van der Waals surface area contributed by atoms with Gasteiger partial charge >= 0.3 is 0 Å². The van der Waals surface area contributed by atoms with Gasteiger partial charge in [-0.2, -0.15) is 0 Å². The van der Waals surface area contributed by atoms with Crippen molar-refractivity contribution in [3.63, 3.8) is 0 Å². The summed E-state index contributed by atoms with van der Waals surface area (Å²) in [6.45, 7) is 10.8. The molecule has 33 heavy (non-hydrogen) atoms. The lowest BCUT2D eigenvalue weighted by atomic mass is 9.94. The van der Waals surface area contributed by atoms with Gasteiger partial charge in [-0.3, -0.25) is 9.59 Å². The third-order valence-electron chi connectivity index (χ3n) is 5.48. The van der Waals surface area contributed by atoms with Gasteiger partial charge in [0.1, 0.15) is 17.3 Å². The molecule has 3 rings (SSSR count). The molecular formula is C27H33NO5. The van der Waals surface area contributed by atoms with Crippen molar-refractivity contribution < 1.29 is 24.2 Å². The molecule has 0 aromatic heterocycles. The van der Waals surface area contributed by atoms with Crippen LogP contribution in [0.1, 0.15) is 63.3 Å². The zero-order valence-electron chi connectivity index (χ0n) is 20.1. The highest BCUT2D eigenvalue weighted by Gasteiger charge is 2.45. The summed E-state index contributed by atoms with van der Waals surface area (Å²) < 4.78 is 11.4. The number of carbonyl (C=O) groups excluding carboxylic acids is 2. The van der Waals surface area contributed by atoms with Crippen LogP contribution in [-0.2, 0) is 9.59 Å². The average molecular weight is 452 g/mol. The van der Waals surface area contributed by atoms with Crippen LogP contribution in [0.2, 0.25) is 0 Å². The van der Waals surface area contributed by atoms with Gasteiger partial charge in [0.2, 0.25) is 0 Å². The number of hydrogen-bond acceptors (Lipinski definition) is 5. The molecule has 1 amide bonds. The maximum Gasteiger partial charge on any atom is 0.295 e. The lowest BCUT2D eigenvalue weighted by Crippen LogP contribution is -2.30. The second-order valence-electron chi connectivity index (χ2n) is 8.56. The fourth-order valence-electron chi connectivity index (χ4n) is 4.00. The molecule has 0 spiro atoms. The second kappa shape index (κ2) is 10.6. The van der Waals surface area contributed by atoms with E-state index in [1.54, 1.807) is 23.1 Å². The van der Waals surface area contributed by atoms with Gasteiger partial charge in [-0.25, -0.2) is 0 Å². The Bertz CT molecular complexity index is 1040. The normalized spacial score (nSPS) is 17.6. The summed E-state index contributed by atoms with van der Waals surface area (Å²) >= 11 is 0. The van der Waals surface area contributed by atoms with E-state index in [2.05, 4.69) is 0 Å². The maximum atomic E-state index is 13.0. The van der Waals surface area contributed by atoms with Gasteiger partial charge in [-0.1, -0.05) is 26.0 Å². The van der Waals surface area contributed by atoms with Gasteiger partial charge in [0.05, 0.1) is 24.3 Å². The van der Waals surface area contributed by atoms with E-state index >= 15 is 0 Å². The quantitative estimate of drug-likeness (QED) is 0.314. The monoisotopic (exact) mass is 451 g/mol. The molecule has 1 aliphatic heterocycles. The van der Waals surface area contributed by atoms with Crippen LogP contribution in [0, 0.1) is 6.92 Å². The molecule has 1 saturated heterocycles.